The molecular weight excluding hydrogens is 208 g/mol. The van der Waals surface area contributed by atoms with Gasteiger partial charge in [0.15, 0.2) is 0 Å². The SMILES string of the molecule is Cc1ccc(C(=O)NC(C)C(=O)O)cc1N. The minimum atomic E-state index is -1.08. The summed E-state index contributed by atoms with van der Waals surface area (Å²) in [5, 5.41) is 11.0. The first-order chi connectivity index (χ1) is 7.41. The van der Waals surface area contributed by atoms with Gasteiger partial charge in [0.2, 0.25) is 0 Å². The van der Waals surface area contributed by atoms with Crippen molar-refractivity contribution in [3.63, 3.8) is 0 Å². The van der Waals surface area contributed by atoms with E-state index in [9.17, 15) is 9.59 Å². The summed E-state index contributed by atoms with van der Waals surface area (Å²) in [4.78, 5) is 22.1. The van der Waals surface area contributed by atoms with E-state index >= 15 is 0 Å². The summed E-state index contributed by atoms with van der Waals surface area (Å²) < 4.78 is 0. The van der Waals surface area contributed by atoms with Crippen molar-refractivity contribution >= 4 is 17.6 Å². The smallest absolute Gasteiger partial charge is 0.325 e. The predicted octanol–water partition coefficient (Wildman–Crippen LogP) is 0.780. The Morgan fingerprint density at radius 1 is 1.44 bits per heavy atom. The number of amides is 1. The highest BCUT2D eigenvalue weighted by atomic mass is 16.4. The maximum atomic E-state index is 11.6. The van der Waals surface area contributed by atoms with Gasteiger partial charge in [-0.15, -0.1) is 0 Å². The summed E-state index contributed by atoms with van der Waals surface area (Å²) in [6.07, 6.45) is 0. The summed E-state index contributed by atoms with van der Waals surface area (Å²) in [5.74, 6) is -1.52. The van der Waals surface area contributed by atoms with Gasteiger partial charge >= 0.3 is 5.97 Å². The molecule has 1 rings (SSSR count). The summed E-state index contributed by atoms with van der Waals surface area (Å²) in [6, 6.07) is 3.93. The van der Waals surface area contributed by atoms with Crippen LogP contribution in [0.2, 0.25) is 0 Å². The fraction of sp³-hybridized carbons (Fsp3) is 0.273. The normalized spacial score (nSPS) is 11.9. The van der Waals surface area contributed by atoms with Gasteiger partial charge in [0.1, 0.15) is 6.04 Å². The second-order valence-electron chi connectivity index (χ2n) is 3.60. The second-order valence-corrected chi connectivity index (χ2v) is 3.60. The van der Waals surface area contributed by atoms with Gasteiger partial charge in [0.25, 0.3) is 5.91 Å². The molecule has 1 aromatic carbocycles. The monoisotopic (exact) mass is 222 g/mol. The average molecular weight is 222 g/mol. The van der Waals surface area contributed by atoms with E-state index in [4.69, 9.17) is 10.8 Å². The molecule has 0 aliphatic carbocycles. The first-order valence-electron chi connectivity index (χ1n) is 4.81. The Labute approximate surface area is 93.3 Å². The molecule has 0 radical (unpaired) electrons. The van der Waals surface area contributed by atoms with Gasteiger partial charge in [-0.05, 0) is 31.5 Å². The number of benzene rings is 1. The van der Waals surface area contributed by atoms with Crippen LogP contribution in [0, 0.1) is 6.92 Å². The predicted molar refractivity (Wildman–Crippen MR) is 60.2 cm³/mol. The van der Waals surface area contributed by atoms with Crippen LogP contribution in [0.4, 0.5) is 5.69 Å². The molecule has 4 N–H and O–H groups in total. The van der Waals surface area contributed by atoms with Crippen molar-refractivity contribution in [2.45, 2.75) is 19.9 Å². The van der Waals surface area contributed by atoms with E-state index in [0.29, 0.717) is 11.3 Å². The second kappa shape index (κ2) is 4.65. The highest BCUT2D eigenvalue weighted by Gasteiger charge is 2.15. The number of aryl methyl sites for hydroxylation is 1. The molecule has 0 aliphatic rings. The standard InChI is InChI=1S/C11H14N2O3/c1-6-3-4-8(5-9(6)12)10(14)13-7(2)11(15)16/h3-5,7H,12H2,1-2H3,(H,13,14)(H,15,16). The lowest BCUT2D eigenvalue weighted by atomic mass is 10.1. The number of nitrogens with one attached hydrogen (secondary N) is 1. The van der Waals surface area contributed by atoms with Gasteiger partial charge in [-0.25, -0.2) is 0 Å². The first kappa shape index (κ1) is 12.0. The van der Waals surface area contributed by atoms with Crippen LogP contribution in [0.5, 0.6) is 0 Å². The van der Waals surface area contributed by atoms with Crippen LogP contribution in [0.1, 0.15) is 22.8 Å². The molecule has 0 bridgehead atoms. The van der Waals surface area contributed by atoms with Crippen molar-refractivity contribution in [2.24, 2.45) is 0 Å². The van der Waals surface area contributed by atoms with E-state index in [0.717, 1.165) is 5.56 Å². The van der Waals surface area contributed by atoms with E-state index in [2.05, 4.69) is 5.32 Å². The third kappa shape index (κ3) is 2.73. The summed E-state index contributed by atoms with van der Waals surface area (Å²) in [5.41, 5.74) is 7.40. The Morgan fingerprint density at radius 3 is 2.56 bits per heavy atom. The van der Waals surface area contributed by atoms with E-state index in [1.807, 2.05) is 6.92 Å². The van der Waals surface area contributed by atoms with Crippen molar-refractivity contribution < 1.29 is 14.7 Å². The summed E-state index contributed by atoms with van der Waals surface area (Å²) >= 11 is 0. The number of hydrogen-bond acceptors (Lipinski definition) is 3. The lowest BCUT2D eigenvalue weighted by Gasteiger charge is -2.10. The van der Waals surface area contributed by atoms with Gasteiger partial charge in [0, 0.05) is 11.3 Å². The lowest BCUT2D eigenvalue weighted by Crippen LogP contribution is -2.38. The van der Waals surface area contributed by atoms with Gasteiger partial charge in [-0.3, -0.25) is 9.59 Å². The zero-order chi connectivity index (χ0) is 12.3. The Hall–Kier alpha value is -2.04. The first-order valence-corrected chi connectivity index (χ1v) is 4.81. The number of anilines is 1. The average Bonchev–Trinajstić information content (AvgIpc) is 2.21. The van der Waals surface area contributed by atoms with Crippen molar-refractivity contribution in [3.8, 4) is 0 Å². The van der Waals surface area contributed by atoms with E-state index in [1.54, 1.807) is 12.1 Å². The van der Waals surface area contributed by atoms with Crippen molar-refractivity contribution in [2.75, 3.05) is 5.73 Å². The highest BCUT2D eigenvalue weighted by Crippen LogP contribution is 2.12. The van der Waals surface area contributed by atoms with Gasteiger partial charge in [-0.1, -0.05) is 6.07 Å². The molecule has 0 aliphatic heterocycles. The maximum absolute atomic E-state index is 11.6. The molecule has 5 nitrogen and oxygen atoms in total. The highest BCUT2D eigenvalue weighted by molar-refractivity contribution is 5.97. The molecule has 1 unspecified atom stereocenters. The largest absolute Gasteiger partial charge is 0.480 e. The molecular formula is C11H14N2O3. The van der Waals surface area contributed by atoms with Crippen LogP contribution in [0.3, 0.4) is 0 Å². The number of carbonyl (C=O) groups excluding carboxylic acids is 1. The summed E-state index contributed by atoms with van der Waals surface area (Å²) in [6.45, 7) is 3.23. The molecule has 0 fully saturated rings. The maximum Gasteiger partial charge on any atom is 0.325 e. The van der Waals surface area contributed by atoms with Crippen LogP contribution in [0.25, 0.3) is 0 Å². The number of nitrogens with two attached hydrogens (primary N) is 1. The zero-order valence-corrected chi connectivity index (χ0v) is 9.15. The lowest BCUT2D eigenvalue weighted by molar-refractivity contribution is -0.138. The Kier molecular flexibility index (Phi) is 3.50. The molecule has 1 atom stereocenters. The van der Waals surface area contributed by atoms with Gasteiger partial charge < -0.3 is 16.2 Å². The van der Waals surface area contributed by atoms with Crippen molar-refractivity contribution in [1.29, 1.82) is 0 Å². The van der Waals surface area contributed by atoms with Crippen molar-refractivity contribution in [1.82, 2.24) is 5.32 Å². The quantitative estimate of drug-likeness (QED) is 0.659. The molecule has 0 aromatic heterocycles. The fourth-order valence-corrected chi connectivity index (χ4v) is 1.12. The van der Waals surface area contributed by atoms with Crippen LogP contribution < -0.4 is 11.1 Å². The van der Waals surface area contributed by atoms with Crippen molar-refractivity contribution in [3.05, 3.63) is 29.3 Å². The molecule has 0 heterocycles. The Balaban J connectivity index is 2.81. The third-order valence-electron chi connectivity index (χ3n) is 2.26. The third-order valence-corrected chi connectivity index (χ3v) is 2.26. The number of hydrogen-bond donors (Lipinski definition) is 3. The molecule has 0 saturated heterocycles. The Morgan fingerprint density at radius 2 is 2.06 bits per heavy atom. The topological polar surface area (TPSA) is 92.4 Å². The molecule has 86 valence electrons. The molecule has 1 amide bonds. The van der Waals surface area contributed by atoms with Crippen LogP contribution in [0.15, 0.2) is 18.2 Å². The molecule has 16 heavy (non-hydrogen) atoms. The number of carboxylic acid groups (broad SMARTS) is 1. The minimum Gasteiger partial charge on any atom is -0.480 e. The fourth-order valence-electron chi connectivity index (χ4n) is 1.12. The van der Waals surface area contributed by atoms with Crippen LogP contribution in [-0.2, 0) is 4.79 Å². The molecule has 0 spiro atoms. The van der Waals surface area contributed by atoms with Gasteiger partial charge in [0.05, 0.1) is 0 Å². The van der Waals surface area contributed by atoms with Crippen LogP contribution in [-0.4, -0.2) is 23.0 Å². The van der Waals surface area contributed by atoms with E-state index in [1.165, 1.54) is 13.0 Å². The number of aliphatic carboxylic acids is 1. The zero-order valence-electron chi connectivity index (χ0n) is 9.15. The van der Waals surface area contributed by atoms with E-state index < -0.39 is 17.9 Å². The number of carbonyl (C=O) groups is 2. The van der Waals surface area contributed by atoms with E-state index in [-0.39, 0.29) is 0 Å². The molecule has 5 heteroatoms. The molecule has 0 saturated carbocycles. The minimum absolute atomic E-state index is 0.358. The number of nitrogen functional groups attached to an aromatic ring is 1. The number of rotatable bonds is 3. The molecule has 1 aromatic rings. The van der Waals surface area contributed by atoms with Crippen LogP contribution >= 0.6 is 0 Å². The number of carboxylic acids is 1. The Bertz CT molecular complexity index is 429. The summed E-state index contributed by atoms with van der Waals surface area (Å²) in [7, 11) is 0. The van der Waals surface area contributed by atoms with Gasteiger partial charge in [-0.2, -0.15) is 0 Å².